The monoisotopic (exact) mass is 346 g/mol. The Bertz CT molecular complexity index is 662. The zero-order valence-corrected chi connectivity index (χ0v) is 15.2. The van der Waals surface area contributed by atoms with Crippen LogP contribution in [0.15, 0.2) is 10.6 Å². The highest BCUT2D eigenvalue weighted by Crippen LogP contribution is 2.36. The summed E-state index contributed by atoms with van der Waals surface area (Å²) in [6, 6.07) is 1.99. The molecule has 0 amide bonds. The average molecular weight is 347 g/mol. The molecule has 3 heterocycles. The first-order valence-electron chi connectivity index (χ1n) is 9.28. The quantitative estimate of drug-likeness (QED) is 0.828. The van der Waals surface area contributed by atoms with Gasteiger partial charge < -0.3 is 9.42 Å². The van der Waals surface area contributed by atoms with Gasteiger partial charge in [0, 0.05) is 25.1 Å². The fourth-order valence-corrected chi connectivity index (χ4v) is 4.98. The van der Waals surface area contributed by atoms with Crippen LogP contribution < -0.4 is 0 Å². The average Bonchev–Trinajstić information content (AvgIpc) is 3.24. The van der Waals surface area contributed by atoms with Crippen molar-refractivity contribution in [3.8, 4) is 10.6 Å². The minimum atomic E-state index is 0.474. The summed E-state index contributed by atoms with van der Waals surface area (Å²) in [7, 11) is 0. The molecule has 1 atom stereocenters. The first kappa shape index (κ1) is 16.2. The van der Waals surface area contributed by atoms with E-state index in [1.54, 1.807) is 0 Å². The topological polar surface area (TPSA) is 55.1 Å². The fourth-order valence-electron chi connectivity index (χ4n) is 4.29. The van der Waals surface area contributed by atoms with Gasteiger partial charge in [-0.15, -0.1) is 5.10 Å². The summed E-state index contributed by atoms with van der Waals surface area (Å²) in [5, 5.41) is 8.48. The van der Waals surface area contributed by atoms with Gasteiger partial charge in [0.25, 0.3) is 0 Å². The summed E-state index contributed by atoms with van der Waals surface area (Å²) in [5.41, 5.74) is 2.02. The Morgan fingerprint density at radius 1 is 1.21 bits per heavy atom. The highest BCUT2D eigenvalue weighted by molar-refractivity contribution is 7.09. The van der Waals surface area contributed by atoms with Gasteiger partial charge in [-0.1, -0.05) is 28.9 Å². The molecule has 130 valence electrons. The molecule has 1 saturated carbocycles. The Hall–Kier alpha value is -1.27. The largest absolute Gasteiger partial charge is 0.355 e. The van der Waals surface area contributed by atoms with Crippen molar-refractivity contribution in [1.82, 2.24) is 19.6 Å². The van der Waals surface area contributed by atoms with E-state index in [4.69, 9.17) is 4.52 Å². The van der Waals surface area contributed by atoms with Crippen LogP contribution in [0, 0.1) is 12.8 Å². The summed E-state index contributed by atoms with van der Waals surface area (Å²) in [4.78, 5) is 3.74. The molecule has 0 unspecified atom stereocenters. The minimum Gasteiger partial charge on any atom is -0.355 e. The summed E-state index contributed by atoms with van der Waals surface area (Å²) < 4.78 is 9.66. The predicted octanol–water partition coefficient (Wildman–Crippen LogP) is 4.26. The number of rotatable bonds is 4. The summed E-state index contributed by atoms with van der Waals surface area (Å²) in [6.07, 6.45) is 9.57. The third kappa shape index (κ3) is 3.54. The summed E-state index contributed by atoms with van der Waals surface area (Å²) in [5.74, 6) is 2.20. The molecule has 6 heteroatoms. The lowest BCUT2D eigenvalue weighted by Gasteiger charge is -2.35. The Balaban J connectivity index is 1.45. The lowest BCUT2D eigenvalue weighted by Crippen LogP contribution is -2.38. The van der Waals surface area contributed by atoms with E-state index in [1.165, 1.54) is 69.6 Å². The maximum absolute atomic E-state index is 5.46. The highest BCUT2D eigenvalue weighted by atomic mass is 32.1. The van der Waals surface area contributed by atoms with Crippen molar-refractivity contribution in [1.29, 1.82) is 0 Å². The van der Waals surface area contributed by atoms with Crippen LogP contribution >= 0.6 is 11.5 Å². The van der Waals surface area contributed by atoms with Gasteiger partial charge in [-0.2, -0.15) is 0 Å². The number of aryl methyl sites for hydroxylation is 1. The van der Waals surface area contributed by atoms with Crippen LogP contribution in [0.5, 0.6) is 0 Å². The van der Waals surface area contributed by atoms with Crippen LogP contribution in [-0.4, -0.2) is 39.3 Å². The molecule has 0 N–H and O–H groups in total. The Labute approximate surface area is 147 Å². The van der Waals surface area contributed by atoms with Crippen molar-refractivity contribution >= 4 is 11.5 Å². The van der Waals surface area contributed by atoms with Crippen LogP contribution in [0.25, 0.3) is 10.6 Å². The molecule has 4 rings (SSSR count). The number of hydrogen-bond acceptors (Lipinski definition) is 6. The SMILES string of the molecule is Cc1cc(-c2snnc2[C@@H]2CCCN(CC3CCCCC3)C2)on1. The standard InChI is InChI=1S/C18H26N4OS/c1-13-10-16(23-20-13)18-17(19-21-24-18)15-8-5-9-22(12-15)11-14-6-3-2-4-7-14/h10,14-15H,2-9,11-12H2,1H3/t15-/m1/s1. The van der Waals surface area contributed by atoms with Crippen molar-refractivity contribution < 1.29 is 4.52 Å². The van der Waals surface area contributed by atoms with E-state index in [-0.39, 0.29) is 0 Å². The Kier molecular flexibility index (Phi) is 4.94. The van der Waals surface area contributed by atoms with E-state index in [9.17, 15) is 0 Å². The molecule has 1 saturated heterocycles. The molecule has 1 aliphatic carbocycles. The van der Waals surface area contributed by atoms with E-state index < -0.39 is 0 Å². The maximum Gasteiger partial charge on any atom is 0.180 e. The second-order valence-electron chi connectivity index (χ2n) is 7.42. The number of aromatic nitrogens is 3. The van der Waals surface area contributed by atoms with Gasteiger partial charge in [0.2, 0.25) is 0 Å². The van der Waals surface area contributed by atoms with Crippen molar-refractivity contribution in [2.75, 3.05) is 19.6 Å². The molecule has 0 aromatic carbocycles. The molecular weight excluding hydrogens is 320 g/mol. The van der Waals surface area contributed by atoms with E-state index in [2.05, 4.69) is 19.6 Å². The van der Waals surface area contributed by atoms with Gasteiger partial charge in [0.1, 0.15) is 4.88 Å². The van der Waals surface area contributed by atoms with Gasteiger partial charge in [-0.05, 0) is 56.6 Å². The predicted molar refractivity (Wildman–Crippen MR) is 95.1 cm³/mol. The van der Waals surface area contributed by atoms with E-state index in [0.29, 0.717) is 5.92 Å². The second kappa shape index (κ2) is 7.31. The number of likely N-dealkylation sites (tertiary alicyclic amines) is 1. The first-order valence-corrected chi connectivity index (χ1v) is 10.0. The lowest BCUT2D eigenvalue weighted by atomic mass is 9.87. The van der Waals surface area contributed by atoms with Crippen molar-refractivity contribution in [3.63, 3.8) is 0 Å². The molecule has 0 bridgehead atoms. The normalized spacial score (nSPS) is 23.6. The van der Waals surface area contributed by atoms with Crippen LogP contribution in [0.3, 0.4) is 0 Å². The molecule has 0 radical (unpaired) electrons. The second-order valence-corrected chi connectivity index (χ2v) is 8.18. The van der Waals surface area contributed by atoms with Crippen LogP contribution in [0.2, 0.25) is 0 Å². The van der Waals surface area contributed by atoms with Gasteiger partial charge in [-0.25, -0.2) is 0 Å². The number of piperidine rings is 1. The van der Waals surface area contributed by atoms with E-state index in [0.717, 1.165) is 34.5 Å². The third-order valence-corrected chi connectivity index (χ3v) is 6.25. The fraction of sp³-hybridized carbons (Fsp3) is 0.722. The number of nitrogens with zero attached hydrogens (tertiary/aromatic N) is 4. The molecule has 2 aliphatic rings. The van der Waals surface area contributed by atoms with E-state index >= 15 is 0 Å². The van der Waals surface area contributed by atoms with Gasteiger partial charge >= 0.3 is 0 Å². The van der Waals surface area contributed by atoms with E-state index in [1.807, 2.05) is 13.0 Å². The van der Waals surface area contributed by atoms with Gasteiger partial charge in [0.15, 0.2) is 5.76 Å². The smallest absolute Gasteiger partial charge is 0.180 e. The molecule has 2 aromatic rings. The van der Waals surface area contributed by atoms with Crippen molar-refractivity contribution in [2.45, 2.75) is 57.8 Å². The molecule has 2 fully saturated rings. The van der Waals surface area contributed by atoms with Crippen LogP contribution in [-0.2, 0) is 0 Å². The molecule has 1 aliphatic heterocycles. The Morgan fingerprint density at radius 2 is 2.08 bits per heavy atom. The summed E-state index contributed by atoms with van der Waals surface area (Å²) in [6.45, 7) is 5.57. The lowest BCUT2D eigenvalue weighted by molar-refractivity contribution is 0.159. The molecule has 24 heavy (non-hydrogen) atoms. The summed E-state index contributed by atoms with van der Waals surface area (Å²) >= 11 is 1.43. The third-order valence-electron chi connectivity index (χ3n) is 5.50. The first-order chi connectivity index (χ1) is 11.8. The zero-order valence-electron chi connectivity index (χ0n) is 14.4. The van der Waals surface area contributed by atoms with Gasteiger partial charge in [-0.3, -0.25) is 0 Å². The molecule has 2 aromatic heterocycles. The Morgan fingerprint density at radius 3 is 2.88 bits per heavy atom. The van der Waals surface area contributed by atoms with Crippen molar-refractivity contribution in [2.24, 2.45) is 5.92 Å². The maximum atomic E-state index is 5.46. The van der Waals surface area contributed by atoms with Gasteiger partial charge in [0.05, 0.1) is 11.4 Å². The van der Waals surface area contributed by atoms with Crippen molar-refractivity contribution in [3.05, 3.63) is 17.5 Å². The van der Waals surface area contributed by atoms with Crippen LogP contribution in [0.4, 0.5) is 0 Å². The zero-order chi connectivity index (χ0) is 16.4. The molecule has 5 nitrogen and oxygen atoms in total. The minimum absolute atomic E-state index is 0.474. The van der Waals surface area contributed by atoms with Crippen LogP contribution in [0.1, 0.15) is 62.3 Å². The highest BCUT2D eigenvalue weighted by Gasteiger charge is 2.29. The molecular formula is C18H26N4OS. The number of hydrogen-bond donors (Lipinski definition) is 0. The molecule has 0 spiro atoms.